The van der Waals surface area contributed by atoms with Crippen molar-refractivity contribution < 1.29 is 9.90 Å². The Bertz CT molecular complexity index is 823. The van der Waals surface area contributed by atoms with Crippen LogP contribution in [0.1, 0.15) is 63.1 Å². The van der Waals surface area contributed by atoms with Crippen molar-refractivity contribution in [3.05, 3.63) is 53.1 Å². The van der Waals surface area contributed by atoms with E-state index in [9.17, 15) is 9.90 Å². The van der Waals surface area contributed by atoms with Gasteiger partial charge in [-0.2, -0.15) is 0 Å². The molecule has 0 unspecified atom stereocenters. The lowest BCUT2D eigenvalue weighted by atomic mass is 9.92. The first kappa shape index (κ1) is 19.7. The fourth-order valence-corrected chi connectivity index (χ4v) is 3.01. The van der Waals surface area contributed by atoms with E-state index in [0.717, 1.165) is 40.2 Å². The molecule has 0 heterocycles. The van der Waals surface area contributed by atoms with Gasteiger partial charge in [0.2, 0.25) is 6.41 Å². The molecule has 2 rings (SSSR count). The fraction of sp³-hybridized carbons (Fsp3) is 0.364. The number of phenolic OH excluding ortho intramolecular Hbond substituents is 1. The predicted molar refractivity (Wildman–Crippen MR) is 109 cm³/mol. The van der Waals surface area contributed by atoms with E-state index in [1.54, 1.807) is 24.1 Å². The molecule has 2 aromatic rings. The summed E-state index contributed by atoms with van der Waals surface area (Å²) >= 11 is 0. The lowest BCUT2D eigenvalue weighted by Crippen LogP contribution is -2.17. The number of hydrogen-bond donors (Lipinski definition) is 1. The summed E-state index contributed by atoms with van der Waals surface area (Å²) in [6, 6.07) is 11.3. The molecule has 1 amide bonds. The van der Waals surface area contributed by atoms with Crippen LogP contribution < -0.4 is 4.90 Å². The third-order valence-corrected chi connectivity index (χ3v) is 4.54. The largest absolute Gasteiger partial charge is 0.507 e. The van der Waals surface area contributed by atoms with Gasteiger partial charge in [0, 0.05) is 24.0 Å². The third kappa shape index (κ3) is 4.13. The molecule has 0 aliphatic heterocycles. The van der Waals surface area contributed by atoms with Gasteiger partial charge in [-0.3, -0.25) is 9.79 Å². The molecular formula is C22H28N2O2. The highest BCUT2D eigenvalue weighted by Gasteiger charge is 2.17. The maximum absolute atomic E-state index is 11.3. The number of anilines is 1. The van der Waals surface area contributed by atoms with Gasteiger partial charge in [-0.15, -0.1) is 0 Å². The van der Waals surface area contributed by atoms with E-state index in [2.05, 4.69) is 39.8 Å². The summed E-state index contributed by atoms with van der Waals surface area (Å²) in [4.78, 5) is 17.8. The molecule has 0 aliphatic carbocycles. The molecule has 0 saturated heterocycles. The zero-order chi connectivity index (χ0) is 19.4. The molecule has 138 valence electrons. The molecule has 4 heteroatoms. The van der Waals surface area contributed by atoms with Gasteiger partial charge in [0.05, 0.1) is 5.69 Å². The van der Waals surface area contributed by atoms with Crippen LogP contribution in [-0.2, 0) is 4.79 Å². The zero-order valence-electron chi connectivity index (χ0n) is 16.4. The van der Waals surface area contributed by atoms with E-state index >= 15 is 0 Å². The van der Waals surface area contributed by atoms with Crippen LogP contribution in [0.15, 0.2) is 41.4 Å². The Labute approximate surface area is 156 Å². The topological polar surface area (TPSA) is 52.9 Å². The molecule has 2 aromatic carbocycles. The summed E-state index contributed by atoms with van der Waals surface area (Å²) in [6.45, 7) is 10.3. The number of rotatable bonds is 6. The number of amides is 1. The van der Waals surface area contributed by atoms with Gasteiger partial charge in [0.1, 0.15) is 5.75 Å². The Hall–Kier alpha value is -2.62. The number of carbonyl (C=O) groups is 1. The number of benzene rings is 2. The maximum atomic E-state index is 11.3. The van der Waals surface area contributed by atoms with Crippen LogP contribution in [0.4, 0.5) is 11.4 Å². The second-order valence-corrected chi connectivity index (χ2v) is 7.21. The van der Waals surface area contributed by atoms with E-state index in [0.29, 0.717) is 0 Å². The fourth-order valence-electron chi connectivity index (χ4n) is 3.01. The van der Waals surface area contributed by atoms with Crippen LogP contribution in [0.3, 0.4) is 0 Å². The Morgan fingerprint density at radius 3 is 2.23 bits per heavy atom. The van der Waals surface area contributed by atoms with Gasteiger partial charge >= 0.3 is 0 Å². The molecule has 0 atom stereocenters. The van der Waals surface area contributed by atoms with Gasteiger partial charge < -0.3 is 10.0 Å². The van der Waals surface area contributed by atoms with Crippen molar-refractivity contribution >= 4 is 23.5 Å². The van der Waals surface area contributed by atoms with Gasteiger partial charge in [-0.05, 0) is 54.2 Å². The summed E-state index contributed by atoms with van der Waals surface area (Å²) in [5.41, 5.74) is 5.43. The second kappa shape index (κ2) is 8.17. The van der Waals surface area contributed by atoms with Crippen LogP contribution in [0.5, 0.6) is 5.75 Å². The highest BCUT2D eigenvalue weighted by atomic mass is 16.3. The average Bonchev–Trinajstić information content (AvgIpc) is 2.60. The van der Waals surface area contributed by atoms with E-state index in [-0.39, 0.29) is 17.6 Å². The number of aliphatic imine (C=N–C) groups is 1. The summed E-state index contributed by atoms with van der Waals surface area (Å²) in [7, 11) is 1.77. The molecule has 0 aliphatic rings. The Kier molecular flexibility index (Phi) is 6.19. The van der Waals surface area contributed by atoms with Crippen molar-refractivity contribution in [3.8, 4) is 5.75 Å². The third-order valence-electron chi connectivity index (χ3n) is 4.54. The number of nitrogens with zero attached hydrogens (tertiary/aromatic N) is 2. The quantitative estimate of drug-likeness (QED) is 0.561. The second-order valence-electron chi connectivity index (χ2n) is 7.21. The van der Waals surface area contributed by atoms with Gasteiger partial charge in [0.15, 0.2) is 0 Å². The van der Waals surface area contributed by atoms with Gasteiger partial charge in [0.25, 0.3) is 0 Å². The SMILES string of the molecule is C/C(=N\c1cc(C(C)C)c(N(C)C=O)cc1C(C)C)c1ccccc1O. The molecule has 0 bridgehead atoms. The monoisotopic (exact) mass is 352 g/mol. The van der Waals surface area contributed by atoms with Gasteiger partial charge in [-0.25, -0.2) is 0 Å². The summed E-state index contributed by atoms with van der Waals surface area (Å²) in [5, 5.41) is 10.1. The normalized spacial score (nSPS) is 11.9. The van der Waals surface area contributed by atoms with Crippen LogP contribution >= 0.6 is 0 Å². The molecule has 26 heavy (non-hydrogen) atoms. The zero-order valence-corrected chi connectivity index (χ0v) is 16.4. The van der Waals surface area contributed by atoms with Crippen LogP contribution in [0.25, 0.3) is 0 Å². The van der Waals surface area contributed by atoms with E-state index in [1.165, 1.54) is 0 Å². The number of hydrogen-bond acceptors (Lipinski definition) is 3. The average molecular weight is 352 g/mol. The van der Waals surface area contributed by atoms with Gasteiger partial charge in [-0.1, -0.05) is 39.8 Å². The van der Waals surface area contributed by atoms with Crippen molar-refractivity contribution in [2.45, 2.75) is 46.5 Å². The molecular weight excluding hydrogens is 324 g/mol. The number of carbonyl (C=O) groups excluding carboxylic acids is 1. The molecule has 0 spiro atoms. The van der Waals surface area contributed by atoms with Crippen molar-refractivity contribution in [2.75, 3.05) is 11.9 Å². The van der Waals surface area contributed by atoms with Crippen molar-refractivity contribution in [2.24, 2.45) is 4.99 Å². The van der Waals surface area contributed by atoms with E-state index in [4.69, 9.17) is 4.99 Å². The summed E-state index contributed by atoms with van der Waals surface area (Å²) in [5.74, 6) is 0.736. The van der Waals surface area contributed by atoms with E-state index in [1.807, 2.05) is 19.1 Å². The first-order chi connectivity index (χ1) is 12.3. The van der Waals surface area contributed by atoms with Crippen LogP contribution in [-0.4, -0.2) is 24.3 Å². The summed E-state index contributed by atoms with van der Waals surface area (Å²) in [6.07, 6.45) is 0.835. The van der Waals surface area contributed by atoms with Crippen LogP contribution in [0, 0.1) is 0 Å². The predicted octanol–water partition coefficient (Wildman–Crippen LogP) is 5.37. The maximum Gasteiger partial charge on any atom is 0.213 e. The standard InChI is InChI=1S/C22H28N2O2/c1-14(2)18-12-21(24(6)13-25)19(15(3)4)11-20(18)23-16(5)17-9-7-8-10-22(17)26/h7-15,26H,1-6H3/b23-16+. The first-order valence-corrected chi connectivity index (χ1v) is 8.95. The molecule has 1 N–H and O–H groups in total. The molecule has 0 aromatic heterocycles. The Morgan fingerprint density at radius 2 is 1.69 bits per heavy atom. The van der Waals surface area contributed by atoms with Crippen molar-refractivity contribution in [1.29, 1.82) is 0 Å². The highest BCUT2D eigenvalue weighted by Crippen LogP contribution is 2.37. The van der Waals surface area contributed by atoms with E-state index < -0.39 is 0 Å². The number of aromatic hydroxyl groups is 1. The lowest BCUT2D eigenvalue weighted by molar-refractivity contribution is -0.107. The van der Waals surface area contributed by atoms with Crippen LogP contribution in [0.2, 0.25) is 0 Å². The molecule has 0 fully saturated rings. The Balaban J connectivity index is 2.67. The summed E-state index contributed by atoms with van der Waals surface area (Å²) < 4.78 is 0. The van der Waals surface area contributed by atoms with Crippen molar-refractivity contribution in [3.63, 3.8) is 0 Å². The number of para-hydroxylation sites is 1. The Morgan fingerprint density at radius 1 is 1.08 bits per heavy atom. The molecule has 4 nitrogen and oxygen atoms in total. The first-order valence-electron chi connectivity index (χ1n) is 8.95. The minimum Gasteiger partial charge on any atom is -0.507 e. The minimum atomic E-state index is 0.223. The smallest absolute Gasteiger partial charge is 0.213 e. The lowest BCUT2D eigenvalue weighted by Gasteiger charge is -2.22. The number of phenols is 1. The minimum absolute atomic E-state index is 0.223. The highest BCUT2D eigenvalue weighted by molar-refractivity contribution is 6.02. The molecule has 0 radical (unpaired) electrons. The molecule has 0 saturated carbocycles. The van der Waals surface area contributed by atoms with Crippen molar-refractivity contribution in [1.82, 2.24) is 0 Å².